The first-order valence-electron chi connectivity index (χ1n) is 10.1. The van der Waals surface area contributed by atoms with E-state index in [2.05, 4.69) is 33.1 Å². The first-order valence-corrected chi connectivity index (χ1v) is 13.0. The van der Waals surface area contributed by atoms with Gasteiger partial charge in [-0.05, 0) is 84.5 Å². The Morgan fingerprint density at radius 1 is 1.09 bits per heavy atom. The zero-order valence-corrected chi connectivity index (χ0v) is 22.5. The van der Waals surface area contributed by atoms with Crippen LogP contribution in [0.25, 0.3) is 0 Å². The number of benzene rings is 3. The molecule has 0 aliphatic carbocycles. The lowest BCUT2D eigenvalue weighted by atomic mass is 10.1. The van der Waals surface area contributed by atoms with Gasteiger partial charge in [0.05, 0.1) is 23.4 Å². The zero-order chi connectivity index (χ0) is 24.9. The number of rotatable bonds is 8. The van der Waals surface area contributed by atoms with Crippen molar-refractivity contribution in [1.29, 1.82) is 0 Å². The molecule has 0 bridgehead atoms. The maximum absolute atomic E-state index is 13.6. The molecule has 0 unspecified atom stereocenters. The molecule has 0 fully saturated rings. The van der Waals surface area contributed by atoms with Gasteiger partial charge < -0.3 is 4.74 Å². The Bertz CT molecular complexity index is 1310. The molecule has 0 aromatic heterocycles. The molecule has 3 aromatic carbocycles. The molecule has 0 radical (unpaired) electrons. The lowest BCUT2D eigenvalue weighted by molar-refractivity contribution is -0.119. The van der Waals surface area contributed by atoms with Gasteiger partial charge in [0, 0.05) is 8.59 Å². The van der Waals surface area contributed by atoms with Crippen LogP contribution in [0.5, 0.6) is 5.75 Å². The highest BCUT2D eigenvalue weighted by atomic mass is 127. The van der Waals surface area contributed by atoms with Gasteiger partial charge in [-0.25, -0.2) is 13.8 Å². The summed E-state index contributed by atoms with van der Waals surface area (Å²) in [7, 11) is -2.71. The first kappa shape index (κ1) is 26.0. The Morgan fingerprint density at radius 2 is 1.74 bits per heavy atom. The second kappa shape index (κ2) is 11.2. The SMILES string of the molecule is COc1ccc(Cl)cc1N(CC(=O)N/N=C(/C)c1ccc(I)cc1)S(=O)(=O)c1ccc(C)cc1. The van der Waals surface area contributed by atoms with Gasteiger partial charge in [-0.15, -0.1) is 0 Å². The van der Waals surface area contributed by atoms with Gasteiger partial charge in [0.15, 0.2) is 0 Å². The number of ether oxygens (including phenoxy) is 1. The number of nitrogens with zero attached hydrogens (tertiary/aromatic N) is 2. The Labute approximate surface area is 218 Å². The topological polar surface area (TPSA) is 88.1 Å². The van der Waals surface area contributed by atoms with E-state index in [1.807, 2.05) is 31.2 Å². The Kier molecular flexibility index (Phi) is 8.56. The van der Waals surface area contributed by atoms with Crippen molar-refractivity contribution in [2.75, 3.05) is 18.0 Å². The molecule has 10 heteroatoms. The van der Waals surface area contributed by atoms with Crippen LogP contribution in [0.15, 0.2) is 76.7 Å². The molecule has 3 aromatic rings. The number of halogens is 2. The number of hydrazone groups is 1. The largest absolute Gasteiger partial charge is 0.495 e. The average Bonchev–Trinajstić information content (AvgIpc) is 2.81. The standard InChI is InChI=1S/C24H23ClIN3O4S/c1-16-4-11-21(12-5-16)34(31,32)29(22-14-19(25)8-13-23(22)33-3)15-24(30)28-27-17(2)18-6-9-20(26)10-7-18/h4-14H,15H2,1-3H3,(H,28,30)/b27-17-. The number of aryl methyl sites for hydroxylation is 1. The van der Waals surface area contributed by atoms with E-state index in [0.29, 0.717) is 10.7 Å². The van der Waals surface area contributed by atoms with Crippen LogP contribution < -0.4 is 14.5 Å². The fraction of sp³-hybridized carbons (Fsp3) is 0.167. The summed E-state index contributed by atoms with van der Waals surface area (Å²) in [5, 5.41) is 4.43. The molecule has 0 atom stereocenters. The van der Waals surface area contributed by atoms with Crippen LogP contribution in [0.1, 0.15) is 18.1 Å². The monoisotopic (exact) mass is 611 g/mol. The summed E-state index contributed by atoms with van der Waals surface area (Å²) in [6.45, 7) is 3.08. The van der Waals surface area contributed by atoms with Crippen molar-refractivity contribution in [2.45, 2.75) is 18.7 Å². The minimum Gasteiger partial charge on any atom is -0.495 e. The molecule has 0 aliphatic rings. The number of hydrogen-bond acceptors (Lipinski definition) is 5. The summed E-state index contributed by atoms with van der Waals surface area (Å²) in [5.74, 6) is -0.367. The van der Waals surface area contributed by atoms with Crippen molar-refractivity contribution in [1.82, 2.24) is 5.43 Å². The summed E-state index contributed by atoms with van der Waals surface area (Å²) >= 11 is 8.35. The van der Waals surface area contributed by atoms with Crippen molar-refractivity contribution < 1.29 is 17.9 Å². The van der Waals surface area contributed by atoms with E-state index in [4.69, 9.17) is 16.3 Å². The van der Waals surface area contributed by atoms with E-state index in [-0.39, 0.29) is 16.3 Å². The van der Waals surface area contributed by atoms with Crippen LogP contribution in [-0.4, -0.2) is 33.7 Å². The quantitative estimate of drug-likeness (QED) is 0.221. The molecular formula is C24H23ClIN3O4S. The van der Waals surface area contributed by atoms with Gasteiger partial charge in [-0.2, -0.15) is 5.10 Å². The lowest BCUT2D eigenvalue weighted by Gasteiger charge is -2.25. The third kappa shape index (κ3) is 6.28. The lowest BCUT2D eigenvalue weighted by Crippen LogP contribution is -2.40. The summed E-state index contributed by atoms with van der Waals surface area (Å²) in [5.41, 5.74) is 4.91. The van der Waals surface area contributed by atoms with Crippen molar-refractivity contribution in [3.8, 4) is 5.75 Å². The van der Waals surface area contributed by atoms with Crippen molar-refractivity contribution in [3.63, 3.8) is 0 Å². The summed E-state index contributed by atoms with van der Waals surface area (Å²) < 4.78 is 34.5. The molecule has 3 rings (SSSR count). The third-order valence-corrected chi connectivity index (χ3v) is 7.64. The van der Waals surface area contributed by atoms with Crippen LogP contribution >= 0.6 is 34.2 Å². The molecule has 0 saturated carbocycles. The van der Waals surface area contributed by atoms with Gasteiger partial charge >= 0.3 is 0 Å². The van der Waals surface area contributed by atoms with E-state index >= 15 is 0 Å². The van der Waals surface area contributed by atoms with E-state index in [1.54, 1.807) is 31.2 Å². The van der Waals surface area contributed by atoms with E-state index in [9.17, 15) is 13.2 Å². The maximum Gasteiger partial charge on any atom is 0.264 e. The minimum atomic E-state index is -4.13. The van der Waals surface area contributed by atoms with Crippen molar-refractivity contribution in [3.05, 3.63) is 86.4 Å². The number of amides is 1. The number of carbonyl (C=O) groups excluding carboxylic acids is 1. The van der Waals surface area contributed by atoms with Crippen LogP contribution in [0.2, 0.25) is 5.02 Å². The van der Waals surface area contributed by atoms with Crippen LogP contribution in [0, 0.1) is 10.5 Å². The summed E-state index contributed by atoms with van der Waals surface area (Å²) in [6, 6.07) is 18.6. The van der Waals surface area contributed by atoms with Gasteiger partial charge in [-0.1, -0.05) is 41.4 Å². The molecule has 0 heterocycles. The number of nitrogens with one attached hydrogen (secondary N) is 1. The normalized spacial score (nSPS) is 11.7. The van der Waals surface area contributed by atoms with Gasteiger partial charge in [0.1, 0.15) is 12.3 Å². The van der Waals surface area contributed by atoms with Gasteiger partial charge in [0.25, 0.3) is 15.9 Å². The zero-order valence-electron chi connectivity index (χ0n) is 18.7. The smallest absolute Gasteiger partial charge is 0.264 e. The molecule has 0 aliphatic heterocycles. The highest BCUT2D eigenvalue weighted by molar-refractivity contribution is 14.1. The van der Waals surface area contributed by atoms with E-state index < -0.39 is 22.5 Å². The molecular weight excluding hydrogens is 589 g/mol. The van der Waals surface area contributed by atoms with Gasteiger partial charge in [0.2, 0.25) is 0 Å². The summed E-state index contributed by atoms with van der Waals surface area (Å²) in [4.78, 5) is 12.9. The van der Waals surface area contributed by atoms with Crippen molar-refractivity contribution >= 4 is 61.5 Å². The second-order valence-corrected chi connectivity index (χ2v) is 10.9. The number of anilines is 1. The molecule has 0 saturated heterocycles. The number of hydrogen-bond donors (Lipinski definition) is 1. The number of sulfonamides is 1. The van der Waals surface area contributed by atoms with E-state index in [1.165, 1.54) is 25.3 Å². The van der Waals surface area contributed by atoms with Crippen LogP contribution in [-0.2, 0) is 14.8 Å². The van der Waals surface area contributed by atoms with Crippen LogP contribution in [0.3, 0.4) is 0 Å². The molecule has 34 heavy (non-hydrogen) atoms. The Hall–Kier alpha value is -2.63. The third-order valence-electron chi connectivity index (χ3n) is 4.92. The predicted molar refractivity (Wildman–Crippen MR) is 143 cm³/mol. The van der Waals surface area contributed by atoms with Gasteiger partial charge in [-0.3, -0.25) is 9.10 Å². The fourth-order valence-corrected chi connectivity index (χ4v) is 5.01. The highest BCUT2D eigenvalue weighted by Gasteiger charge is 2.29. The highest BCUT2D eigenvalue weighted by Crippen LogP contribution is 2.34. The average molecular weight is 612 g/mol. The Morgan fingerprint density at radius 3 is 2.35 bits per heavy atom. The first-order chi connectivity index (χ1) is 16.1. The predicted octanol–water partition coefficient (Wildman–Crippen LogP) is 5.00. The second-order valence-electron chi connectivity index (χ2n) is 7.38. The summed E-state index contributed by atoms with van der Waals surface area (Å²) in [6.07, 6.45) is 0. The van der Waals surface area contributed by atoms with Crippen molar-refractivity contribution in [2.24, 2.45) is 5.10 Å². The molecule has 7 nitrogen and oxygen atoms in total. The number of methoxy groups -OCH3 is 1. The maximum atomic E-state index is 13.6. The number of carbonyl (C=O) groups is 1. The molecule has 1 N–H and O–H groups in total. The molecule has 0 spiro atoms. The fourth-order valence-electron chi connectivity index (χ4n) is 3.06. The minimum absolute atomic E-state index is 0.0338. The van der Waals surface area contributed by atoms with E-state index in [0.717, 1.165) is 19.0 Å². The Balaban J connectivity index is 1.95. The molecule has 178 valence electrons. The van der Waals surface area contributed by atoms with Crippen LogP contribution in [0.4, 0.5) is 5.69 Å². The molecule has 1 amide bonds.